The van der Waals surface area contributed by atoms with E-state index in [1.165, 1.54) is 0 Å². The maximum Gasteiger partial charge on any atom is 0.417 e. The maximum absolute atomic E-state index is 13.5. The number of carbonyl (C=O) groups excluding carboxylic acids is 2. The lowest BCUT2D eigenvalue weighted by atomic mass is 10.0. The van der Waals surface area contributed by atoms with Gasteiger partial charge in [-0.3, -0.25) is 14.7 Å². The number of nitrogens with one attached hydrogen (secondary N) is 2. The highest BCUT2D eigenvalue weighted by atomic mass is 35.5. The first-order valence-electron chi connectivity index (χ1n) is 11.9. The smallest absolute Gasteiger partial charge is 0.417 e. The van der Waals surface area contributed by atoms with E-state index in [-0.39, 0.29) is 12.5 Å². The number of H-pyrrole nitrogens is 1. The summed E-state index contributed by atoms with van der Waals surface area (Å²) in [6.07, 6.45) is -0.391. The van der Waals surface area contributed by atoms with Crippen molar-refractivity contribution in [3.63, 3.8) is 0 Å². The number of amides is 2. The van der Waals surface area contributed by atoms with Crippen molar-refractivity contribution in [1.29, 1.82) is 0 Å². The molecule has 0 aliphatic carbocycles. The average Bonchev–Trinajstić information content (AvgIpc) is 3.28. The van der Waals surface area contributed by atoms with Crippen molar-refractivity contribution in [2.75, 3.05) is 31.5 Å². The largest absolute Gasteiger partial charge is 0.445 e. The Morgan fingerprint density at radius 2 is 1.73 bits per heavy atom. The molecule has 2 N–H and O–H groups in total. The average molecular weight is 521 g/mol. The molecular formula is C27H25ClN4O5. The number of rotatable bonds is 6. The molecular weight excluding hydrogens is 496 g/mol. The summed E-state index contributed by atoms with van der Waals surface area (Å²) >= 11 is 5.91. The number of hydrogen-bond acceptors (Lipinski definition) is 6. The van der Waals surface area contributed by atoms with E-state index in [9.17, 15) is 14.4 Å². The SMILES string of the molecule is O=C(Nc1ccc2oc(=O)[nH]c2c1)C(c1ccccc1)N1CCN(C(=O)OCc2ccc(Cl)cc2)CC1. The number of hydrogen-bond donors (Lipinski definition) is 2. The molecule has 1 aliphatic heterocycles. The molecule has 0 saturated carbocycles. The number of carbonyl (C=O) groups is 2. The van der Waals surface area contributed by atoms with E-state index in [4.69, 9.17) is 20.8 Å². The molecule has 0 bridgehead atoms. The van der Waals surface area contributed by atoms with Crippen molar-refractivity contribution < 1.29 is 18.7 Å². The zero-order chi connectivity index (χ0) is 25.8. The van der Waals surface area contributed by atoms with Crippen LogP contribution in [0.3, 0.4) is 0 Å². The molecule has 1 atom stereocenters. The first-order valence-corrected chi connectivity index (χ1v) is 12.2. The lowest BCUT2D eigenvalue weighted by Gasteiger charge is -2.38. The van der Waals surface area contributed by atoms with Crippen molar-refractivity contribution in [1.82, 2.24) is 14.8 Å². The number of oxazole rings is 1. The van der Waals surface area contributed by atoms with E-state index in [0.717, 1.165) is 11.1 Å². The van der Waals surface area contributed by atoms with Crippen LogP contribution in [0.25, 0.3) is 11.1 Å². The first kappa shape index (κ1) is 24.6. The third-order valence-electron chi connectivity index (χ3n) is 6.26. The van der Waals surface area contributed by atoms with E-state index >= 15 is 0 Å². The van der Waals surface area contributed by atoms with Crippen LogP contribution in [0.5, 0.6) is 0 Å². The summed E-state index contributed by atoms with van der Waals surface area (Å²) in [6.45, 7) is 2.02. The van der Waals surface area contributed by atoms with E-state index in [1.807, 2.05) is 47.4 Å². The molecule has 0 radical (unpaired) electrons. The Balaban J connectivity index is 1.24. The van der Waals surface area contributed by atoms with Crippen molar-refractivity contribution >= 4 is 40.4 Å². The molecule has 5 rings (SSSR count). The van der Waals surface area contributed by atoms with Crippen LogP contribution in [0, 0.1) is 0 Å². The van der Waals surface area contributed by atoms with Crippen LogP contribution < -0.4 is 11.1 Å². The van der Waals surface area contributed by atoms with Gasteiger partial charge in [-0.15, -0.1) is 0 Å². The Labute approximate surface area is 217 Å². The molecule has 2 heterocycles. The Morgan fingerprint density at radius 1 is 1.00 bits per heavy atom. The van der Waals surface area contributed by atoms with Gasteiger partial charge in [0.2, 0.25) is 5.91 Å². The van der Waals surface area contributed by atoms with Gasteiger partial charge in [-0.2, -0.15) is 0 Å². The summed E-state index contributed by atoms with van der Waals surface area (Å²) in [5.74, 6) is -0.764. The first-order chi connectivity index (χ1) is 18.0. The second kappa shape index (κ2) is 10.9. The summed E-state index contributed by atoms with van der Waals surface area (Å²) in [4.78, 5) is 43.9. The van der Waals surface area contributed by atoms with Crippen LogP contribution >= 0.6 is 11.6 Å². The number of anilines is 1. The molecule has 4 aromatic rings. The second-order valence-corrected chi connectivity index (χ2v) is 9.17. The Hall–Kier alpha value is -4.08. The fourth-order valence-corrected chi connectivity index (χ4v) is 4.51. The molecule has 1 fully saturated rings. The van der Waals surface area contributed by atoms with Crippen LogP contribution in [0.4, 0.5) is 10.5 Å². The van der Waals surface area contributed by atoms with Crippen molar-refractivity contribution in [3.05, 3.63) is 99.5 Å². The van der Waals surface area contributed by atoms with Gasteiger partial charge in [0.25, 0.3) is 0 Å². The summed E-state index contributed by atoms with van der Waals surface area (Å²) < 4.78 is 10.5. The minimum Gasteiger partial charge on any atom is -0.445 e. The Kier molecular flexibility index (Phi) is 7.25. The fourth-order valence-electron chi connectivity index (χ4n) is 4.38. The summed E-state index contributed by atoms with van der Waals surface area (Å²) in [5.41, 5.74) is 3.16. The molecule has 1 saturated heterocycles. The molecule has 1 aliphatic rings. The van der Waals surface area contributed by atoms with Gasteiger partial charge in [-0.25, -0.2) is 9.59 Å². The molecule has 2 amide bonds. The number of nitrogens with zero attached hydrogens (tertiary/aromatic N) is 2. The van der Waals surface area contributed by atoms with E-state index in [0.29, 0.717) is 48.0 Å². The van der Waals surface area contributed by atoms with Crippen LogP contribution in [-0.4, -0.2) is 53.0 Å². The number of fused-ring (bicyclic) bond motifs is 1. The lowest BCUT2D eigenvalue weighted by Crippen LogP contribution is -2.51. The van der Waals surface area contributed by atoms with Gasteiger partial charge < -0.3 is 19.4 Å². The highest BCUT2D eigenvalue weighted by Gasteiger charge is 2.32. The van der Waals surface area contributed by atoms with Crippen molar-refractivity contribution in [2.24, 2.45) is 0 Å². The maximum atomic E-state index is 13.5. The van der Waals surface area contributed by atoms with E-state index < -0.39 is 17.9 Å². The molecule has 37 heavy (non-hydrogen) atoms. The van der Waals surface area contributed by atoms with Gasteiger partial charge in [0.05, 0.1) is 5.52 Å². The highest BCUT2D eigenvalue weighted by Crippen LogP contribution is 2.25. The van der Waals surface area contributed by atoms with Crippen LogP contribution in [0.1, 0.15) is 17.2 Å². The van der Waals surface area contributed by atoms with Crippen molar-refractivity contribution in [2.45, 2.75) is 12.6 Å². The van der Waals surface area contributed by atoms with Crippen molar-refractivity contribution in [3.8, 4) is 0 Å². The number of aromatic amines is 1. The third-order valence-corrected chi connectivity index (χ3v) is 6.52. The standard InChI is InChI=1S/C27H25ClN4O5/c28-20-8-6-18(7-9-20)17-36-27(35)32-14-12-31(13-15-32)24(19-4-2-1-3-5-19)25(33)29-21-10-11-23-22(16-21)30-26(34)37-23/h1-11,16,24H,12-15,17H2,(H,29,33)(H,30,34). The Morgan fingerprint density at radius 3 is 2.46 bits per heavy atom. The van der Waals surface area contributed by atoms with Crippen LogP contribution in [-0.2, 0) is 16.1 Å². The zero-order valence-corrected chi connectivity index (χ0v) is 20.6. The fraction of sp³-hybridized carbons (Fsp3) is 0.222. The van der Waals surface area contributed by atoms with Gasteiger partial charge >= 0.3 is 11.8 Å². The number of piperazine rings is 1. The van der Waals surface area contributed by atoms with Gasteiger partial charge in [0.1, 0.15) is 12.6 Å². The summed E-state index contributed by atoms with van der Waals surface area (Å²) in [6, 6.07) is 21.1. The lowest BCUT2D eigenvalue weighted by molar-refractivity contribution is -0.122. The normalized spacial score (nSPS) is 14.9. The number of aromatic nitrogens is 1. The van der Waals surface area contributed by atoms with Crippen LogP contribution in [0.2, 0.25) is 5.02 Å². The number of benzene rings is 3. The molecule has 1 unspecified atom stereocenters. The number of ether oxygens (including phenoxy) is 1. The molecule has 3 aromatic carbocycles. The topological polar surface area (TPSA) is 108 Å². The molecule has 1 aromatic heterocycles. The van der Waals surface area contributed by atoms with Crippen LogP contribution in [0.15, 0.2) is 82.0 Å². The second-order valence-electron chi connectivity index (χ2n) is 8.73. The predicted molar refractivity (Wildman–Crippen MR) is 139 cm³/mol. The van der Waals surface area contributed by atoms with Gasteiger partial charge in [-0.1, -0.05) is 54.1 Å². The molecule has 10 heteroatoms. The quantitative estimate of drug-likeness (QED) is 0.390. The van der Waals surface area contributed by atoms with Gasteiger partial charge in [0.15, 0.2) is 5.58 Å². The van der Waals surface area contributed by atoms with E-state index in [2.05, 4.69) is 10.3 Å². The summed E-state index contributed by atoms with van der Waals surface area (Å²) in [7, 11) is 0. The van der Waals surface area contributed by atoms with Gasteiger partial charge in [-0.05, 0) is 41.5 Å². The summed E-state index contributed by atoms with van der Waals surface area (Å²) in [5, 5.41) is 3.58. The molecule has 9 nitrogen and oxygen atoms in total. The zero-order valence-electron chi connectivity index (χ0n) is 19.9. The Bertz CT molecular complexity index is 1440. The minimum absolute atomic E-state index is 0.164. The monoisotopic (exact) mass is 520 g/mol. The number of halogens is 1. The predicted octanol–water partition coefficient (Wildman–Crippen LogP) is 4.41. The molecule has 0 spiro atoms. The third kappa shape index (κ3) is 5.84. The molecule has 190 valence electrons. The highest BCUT2D eigenvalue weighted by molar-refractivity contribution is 6.30. The van der Waals surface area contributed by atoms with E-state index in [1.54, 1.807) is 35.2 Å². The minimum atomic E-state index is -0.562. The van der Waals surface area contributed by atoms with Gasteiger partial charge in [0, 0.05) is 36.9 Å².